The van der Waals surface area contributed by atoms with E-state index in [2.05, 4.69) is 60.1 Å². The summed E-state index contributed by atoms with van der Waals surface area (Å²) in [7, 11) is 0. The largest absolute Gasteiger partial charge is 0.357 e. The maximum Gasteiger partial charge on any atom is 0.191 e. The van der Waals surface area contributed by atoms with Gasteiger partial charge in [-0.25, -0.2) is 0 Å². The molecule has 1 aromatic rings. The summed E-state index contributed by atoms with van der Waals surface area (Å²) in [4.78, 5) is 8.86. The molecule has 25 heavy (non-hydrogen) atoms. The topological polar surface area (TPSA) is 39.7 Å². The van der Waals surface area contributed by atoms with E-state index in [1.807, 2.05) is 23.1 Å². The zero-order valence-corrected chi connectivity index (χ0v) is 17.8. The smallest absolute Gasteiger partial charge is 0.191 e. The van der Waals surface area contributed by atoms with Crippen LogP contribution in [0.4, 0.5) is 0 Å². The minimum Gasteiger partial charge on any atom is -0.357 e. The summed E-state index contributed by atoms with van der Waals surface area (Å²) in [6.45, 7) is 12.9. The maximum atomic E-state index is 4.78. The minimum absolute atomic E-state index is 0.185. The molecular formula is C19H34N4S2. The Morgan fingerprint density at radius 1 is 1.44 bits per heavy atom. The SMILES string of the molecule is CCNC(=NCC(C)(C)SC)NCC1CCCN(Cc2cccs2)C1. The van der Waals surface area contributed by atoms with Crippen molar-refractivity contribution in [2.75, 3.05) is 39.0 Å². The summed E-state index contributed by atoms with van der Waals surface area (Å²) in [6.07, 6.45) is 4.76. The van der Waals surface area contributed by atoms with Gasteiger partial charge in [0, 0.05) is 35.8 Å². The number of guanidine groups is 1. The van der Waals surface area contributed by atoms with Crippen molar-refractivity contribution in [1.29, 1.82) is 0 Å². The van der Waals surface area contributed by atoms with E-state index in [-0.39, 0.29) is 4.75 Å². The van der Waals surface area contributed by atoms with Crippen LogP contribution in [-0.4, -0.2) is 54.6 Å². The van der Waals surface area contributed by atoms with Gasteiger partial charge in [0.25, 0.3) is 0 Å². The molecule has 2 heterocycles. The van der Waals surface area contributed by atoms with Gasteiger partial charge in [0.05, 0.1) is 6.54 Å². The second kappa shape index (κ2) is 10.4. The molecule has 4 nitrogen and oxygen atoms in total. The summed E-state index contributed by atoms with van der Waals surface area (Å²) >= 11 is 3.73. The summed E-state index contributed by atoms with van der Waals surface area (Å²) in [5.41, 5.74) is 0. The van der Waals surface area contributed by atoms with Crippen LogP contribution in [0.1, 0.15) is 38.5 Å². The number of likely N-dealkylation sites (tertiary alicyclic amines) is 1. The Morgan fingerprint density at radius 2 is 2.28 bits per heavy atom. The Bertz CT molecular complexity index is 514. The lowest BCUT2D eigenvalue weighted by Crippen LogP contribution is -2.44. The van der Waals surface area contributed by atoms with Crippen LogP contribution in [0, 0.1) is 5.92 Å². The van der Waals surface area contributed by atoms with Crippen molar-refractivity contribution in [2.24, 2.45) is 10.9 Å². The highest BCUT2D eigenvalue weighted by Crippen LogP contribution is 2.21. The molecule has 1 fully saturated rings. The van der Waals surface area contributed by atoms with E-state index in [9.17, 15) is 0 Å². The number of thiophene rings is 1. The van der Waals surface area contributed by atoms with Crippen molar-refractivity contribution < 1.29 is 0 Å². The van der Waals surface area contributed by atoms with Crippen LogP contribution in [0.2, 0.25) is 0 Å². The van der Waals surface area contributed by atoms with Crippen molar-refractivity contribution >= 4 is 29.1 Å². The Kier molecular flexibility index (Phi) is 8.59. The van der Waals surface area contributed by atoms with Gasteiger partial charge >= 0.3 is 0 Å². The van der Waals surface area contributed by atoms with Crippen molar-refractivity contribution in [3.63, 3.8) is 0 Å². The van der Waals surface area contributed by atoms with E-state index < -0.39 is 0 Å². The molecule has 2 N–H and O–H groups in total. The van der Waals surface area contributed by atoms with Crippen LogP contribution >= 0.6 is 23.1 Å². The summed E-state index contributed by atoms with van der Waals surface area (Å²) in [5.74, 6) is 1.66. The quantitative estimate of drug-likeness (QED) is 0.532. The van der Waals surface area contributed by atoms with Gasteiger partial charge in [-0.05, 0) is 63.8 Å². The molecule has 0 spiro atoms. The molecule has 1 atom stereocenters. The molecule has 0 aliphatic carbocycles. The average molecular weight is 383 g/mol. The lowest BCUT2D eigenvalue weighted by molar-refractivity contribution is 0.169. The fourth-order valence-corrected chi connectivity index (χ4v) is 3.94. The maximum absolute atomic E-state index is 4.78. The number of hydrogen-bond acceptors (Lipinski definition) is 4. The molecule has 1 aliphatic heterocycles. The van der Waals surface area contributed by atoms with Gasteiger partial charge < -0.3 is 10.6 Å². The van der Waals surface area contributed by atoms with E-state index in [0.717, 1.165) is 32.1 Å². The molecule has 6 heteroatoms. The van der Waals surface area contributed by atoms with E-state index in [4.69, 9.17) is 4.99 Å². The van der Waals surface area contributed by atoms with Crippen molar-refractivity contribution in [2.45, 2.75) is 44.9 Å². The van der Waals surface area contributed by atoms with Crippen LogP contribution in [0.25, 0.3) is 0 Å². The number of piperidine rings is 1. The van der Waals surface area contributed by atoms with Gasteiger partial charge in [0.2, 0.25) is 0 Å². The van der Waals surface area contributed by atoms with E-state index >= 15 is 0 Å². The molecule has 1 saturated heterocycles. The van der Waals surface area contributed by atoms with Gasteiger partial charge in [0.1, 0.15) is 0 Å². The molecule has 142 valence electrons. The van der Waals surface area contributed by atoms with Gasteiger partial charge in [-0.3, -0.25) is 9.89 Å². The van der Waals surface area contributed by atoms with Crippen LogP contribution in [0.3, 0.4) is 0 Å². The molecular weight excluding hydrogens is 348 g/mol. The van der Waals surface area contributed by atoms with E-state index in [0.29, 0.717) is 5.92 Å². The number of hydrogen-bond donors (Lipinski definition) is 2. The highest BCUT2D eigenvalue weighted by molar-refractivity contribution is 7.99. The fourth-order valence-electron chi connectivity index (χ4n) is 3.00. The van der Waals surface area contributed by atoms with Gasteiger partial charge in [-0.1, -0.05) is 6.07 Å². The van der Waals surface area contributed by atoms with Gasteiger partial charge in [-0.2, -0.15) is 11.8 Å². The Balaban J connectivity index is 1.81. The van der Waals surface area contributed by atoms with Crippen molar-refractivity contribution in [3.8, 4) is 0 Å². The van der Waals surface area contributed by atoms with Gasteiger partial charge in [0.15, 0.2) is 5.96 Å². The normalized spacial score (nSPS) is 19.8. The van der Waals surface area contributed by atoms with Crippen LogP contribution < -0.4 is 10.6 Å². The first-order chi connectivity index (χ1) is 12.0. The van der Waals surface area contributed by atoms with Crippen LogP contribution in [0.5, 0.6) is 0 Å². The predicted molar refractivity (Wildman–Crippen MR) is 114 cm³/mol. The third-order valence-electron chi connectivity index (χ3n) is 4.64. The molecule has 1 aliphatic rings. The standard InChI is InChI=1S/C19H34N4S2/c1-5-20-18(22-15-19(2,3)24-4)21-12-16-8-6-10-23(13-16)14-17-9-7-11-25-17/h7,9,11,16H,5-6,8,10,12-15H2,1-4H3,(H2,20,21,22). The van der Waals surface area contributed by atoms with Crippen molar-refractivity contribution in [1.82, 2.24) is 15.5 Å². The highest BCUT2D eigenvalue weighted by atomic mass is 32.2. The summed E-state index contributed by atoms with van der Waals surface area (Å²) in [6, 6.07) is 4.40. The second-order valence-electron chi connectivity index (χ2n) is 7.36. The monoisotopic (exact) mass is 382 g/mol. The molecule has 0 bridgehead atoms. The average Bonchev–Trinajstić information content (AvgIpc) is 3.11. The van der Waals surface area contributed by atoms with Crippen LogP contribution in [-0.2, 0) is 6.54 Å². The first-order valence-electron chi connectivity index (χ1n) is 9.34. The lowest BCUT2D eigenvalue weighted by Gasteiger charge is -2.32. The Hall–Kier alpha value is -0.720. The zero-order valence-electron chi connectivity index (χ0n) is 16.2. The molecule has 1 unspecified atom stereocenters. The second-order valence-corrected chi connectivity index (χ2v) is 9.91. The number of thioether (sulfide) groups is 1. The van der Waals surface area contributed by atoms with E-state index in [1.54, 1.807) is 0 Å². The third kappa shape index (κ3) is 7.59. The molecule has 0 radical (unpaired) electrons. The molecule has 2 rings (SSSR count). The number of rotatable bonds is 8. The highest BCUT2D eigenvalue weighted by Gasteiger charge is 2.21. The minimum atomic E-state index is 0.185. The number of aliphatic imine (C=N–C) groups is 1. The third-order valence-corrected chi connectivity index (χ3v) is 6.73. The van der Waals surface area contributed by atoms with Crippen molar-refractivity contribution in [3.05, 3.63) is 22.4 Å². The fraction of sp³-hybridized carbons (Fsp3) is 0.737. The predicted octanol–water partition coefficient (Wildman–Crippen LogP) is 3.66. The molecule has 0 amide bonds. The number of nitrogens with zero attached hydrogens (tertiary/aromatic N) is 2. The zero-order chi connectivity index (χ0) is 18.1. The Morgan fingerprint density at radius 3 is 2.96 bits per heavy atom. The van der Waals surface area contributed by atoms with E-state index in [1.165, 1.54) is 30.8 Å². The first kappa shape index (κ1) is 20.6. The molecule has 0 aromatic carbocycles. The van der Waals surface area contributed by atoms with Gasteiger partial charge in [-0.15, -0.1) is 11.3 Å². The summed E-state index contributed by atoms with van der Waals surface area (Å²) < 4.78 is 0.185. The Labute approximate surface area is 161 Å². The number of nitrogens with one attached hydrogen (secondary N) is 2. The first-order valence-corrected chi connectivity index (χ1v) is 11.4. The molecule has 0 saturated carbocycles. The lowest BCUT2D eigenvalue weighted by atomic mass is 9.98. The molecule has 1 aromatic heterocycles. The summed E-state index contributed by atoms with van der Waals surface area (Å²) in [5, 5.41) is 9.13. The van der Waals surface area contributed by atoms with Crippen LogP contribution in [0.15, 0.2) is 22.5 Å².